The quantitative estimate of drug-likeness (QED) is 0.890. The van der Waals surface area contributed by atoms with Crippen molar-refractivity contribution in [2.75, 3.05) is 12.4 Å². The van der Waals surface area contributed by atoms with Crippen LogP contribution in [0.1, 0.15) is 24.2 Å². The Morgan fingerprint density at radius 1 is 1.13 bits per heavy atom. The highest BCUT2D eigenvalue weighted by Crippen LogP contribution is 2.17. The Labute approximate surface area is 135 Å². The SMILES string of the molecule is CC(=O)N(C)Cc1cccc(NC(=O)C(O)c2ccccc2)c1. The number of hydrogen-bond donors (Lipinski definition) is 2. The van der Waals surface area contributed by atoms with Gasteiger partial charge >= 0.3 is 0 Å². The number of carbonyl (C=O) groups excluding carboxylic acids is 2. The first-order chi connectivity index (χ1) is 11.0. The van der Waals surface area contributed by atoms with Gasteiger partial charge in [-0.05, 0) is 23.3 Å². The summed E-state index contributed by atoms with van der Waals surface area (Å²) in [5.74, 6) is -0.521. The molecule has 1 unspecified atom stereocenters. The predicted octanol–water partition coefficient (Wildman–Crippen LogP) is 2.34. The topological polar surface area (TPSA) is 69.6 Å². The predicted molar refractivity (Wildman–Crippen MR) is 88.6 cm³/mol. The molecular weight excluding hydrogens is 292 g/mol. The number of aliphatic hydroxyl groups is 1. The van der Waals surface area contributed by atoms with Crippen molar-refractivity contribution in [3.05, 3.63) is 65.7 Å². The van der Waals surface area contributed by atoms with E-state index in [0.29, 0.717) is 17.8 Å². The summed E-state index contributed by atoms with van der Waals surface area (Å²) in [6.07, 6.45) is -1.22. The Kier molecular flexibility index (Phi) is 5.49. The number of rotatable bonds is 5. The van der Waals surface area contributed by atoms with E-state index in [4.69, 9.17) is 0 Å². The second kappa shape index (κ2) is 7.56. The van der Waals surface area contributed by atoms with Crippen LogP contribution in [0, 0.1) is 0 Å². The second-order valence-corrected chi connectivity index (χ2v) is 5.38. The summed E-state index contributed by atoms with van der Waals surface area (Å²) in [5, 5.41) is 12.8. The monoisotopic (exact) mass is 312 g/mol. The normalized spacial score (nSPS) is 11.6. The van der Waals surface area contributed by atoms with Crippen LogP contribution in [0.4, 0.5) is 5.69 Å². The van der Waals surface area contributed by atoms with Gasteiger partial charge in [0, 0.05) is 26.2 Å². The molecule has 0 bridgehead atoms. The van der Waals surface area contributed by atoms with E-state index in [1.165, 1.54) is 6.92 Å². The van der Waals surface area contributed by atoms with E-state index >= 15 is 0 Å². The van der Waals surface area contributed by atoms with Crippen LogP contribution < -0.4 is 5.32 Å². The first-order valence-corrected chi connectivity index (χ1v) is 7.32. The van der Waals surface area contributed by atoms with E-state index in [1.807, 2.05) is 12.1 Å². The smallest absolute Gasteiger partial charge is 0.257 e. The van der Waals surface area contributed by atoms with Crippen molar-refractivity contribution in [2.45, 2.75) is 19.6 Å². The average molecular weight is 312 g/mol. The van der Waals surface area contributed by atoms with Gasteiger partial charge in [-0.25, -0.2) is 0 Å². The van der Waals surface area contributed by atoms with Gasteiger partial charge in [0.25, 0.3) is 5.91 Å². The Morgan fingerprint density at radius 2 is 1.83 bits per heavy atom. The molecule has 2 amide bonds. The van der Waals surface area contributed by atoms with Crippen molar-refractivity contribution in [1.29, 1.82) is 0 Å². The first-order valence-electron chi connectivity index (χ1n) is 7.32. The van der Waals surface area contributed by atoms with Crippen LogP contribution in [0.3, 0.4) is 0 Å². The molecular formula is C18H20N2O3. The van der Waals surface area contributed by atoms with Gasteiger partial charge < -0.3 is 15.3 Å². The van der Waals surface area contributed by atoms with Crippen LogP contribution in [0.2, 0.25) is 0 Å². The minimum absolute atomic E-state index is 0.0288. The van der Waals surface area contributed by atoms with Gasteiger partial charge in [0.2, 0.25) is 5.91 Å². The largest absolute Gasteiger partial charge is 0.378 e. The summed E-state index contributed by atoms with van der Waals surface area (Å²) in [6.45, 7) is 1.96. The van der Waals surface area contributed by atoms with E-state index in [2.05, 4.69) is 5.32 Å². The van der Waals surface area contributed by atoms with Crippen molar-refractivity contribution in [3.8, 4) is 0 Å². The second-order valence-electron chi connectivity index (χ2n) is 5.38. The van der Waals surface area contributed by atoms with Crippen LogP contribution in [-0.4, -0.2) is 28.9 Å². The molecule has 0 radical (unpaired) electrons. The van der Waals surface area contributed by atoms with Gasteiger partial charge in [0.15, 0.2) is 6.10 Å². The maximum Gasteiger partial charge on any atom is 0.257 e. The van der Waals surface area contributed by atoms with Crippen LogP contribution >= 0.6 is 0 Å². The van der Waals surface area contributed by atoms with Gasteiger partial charge in [0.05, 0.1) is 0 Å². The lowest BCUT2D eigenvalue weighted by molar-refractivity contribution is -0.128. The summed E-state index contributed by atoms with van der Waals surface area (Å²) in [4.78, 5) is 25.0. The molecule has 0 heterocycles. The molecule has 2 aromatic carbocycles. The van der Waals surface area contributed by atoms with Crippen molar-refractivity contribution in [1.82, 2.24) is 4.90 Å². The molecule has 5 heteroatoms. The van der Waals surface area contributed by atoms with Crippen LogP contribution in [0.5, 0.6) is 0 Å². The van der Waals surface area contributed by atoms with Crippen molar-refractivity contribution in [2.24, 2.45) is 0 Å². The van der Waals surface area contributed by atoms with Crippen molar-refractivity contribution >= 4 is 17.5 Å². The Morgan fingerprint density at radius 3 is 2.48 bits per heavy atom. The number of benzene rings is 2. The summed E-state index contributed by atoms with van der Waals surface area (Å²) in [6, 6.07) is 16.0. The molecule has 0 fully saturated rings. The van der Waals surface area contributed by atoms with Crippen molar-refractivity contribution in [3.63, 3.8) is 0 Å². The fraction of sp³-hybridized carbons (Fsp3) is 0.222. The molecule has 2 aromatic rings. The number of carbonyl (C=O) groups is 2. The average Bonchev–Trinajstić information content (AvgIpc) is 2.55. The maximum absolute atomic E-state index is 12.1. The third-order valence-corrected chi connectivity index (χ3v) is 3.52. The fourth-order valence-corrected chi connectivity index (χ4v) is 2.13. The number of nitrogens with zero attached hydrogens (tertiary/aromatic N) is 1. The third-order valence-electron chi connectivity index (χ3n) is 3.52. The number of anilines is 1. The van der Waals surface area contributed by atoms with Crippen LogP contribution in [0.25, 0.3) is 0 Å². The van der Waals surface area contributed by atoms with Gasteiger partial charge in [-0.3, -0.25) is 9.59 Å². The molecule has 0 aromatic heterocycles. The zero-order valence-electron chi connectivity index (χ0n) is 13.2. The van der Waals surface area contributed by atoms with Gasteiger partial charge in [0.1, 0.15) is 0 Å². The molecule has 0 spiro atoms. The molecule has 1 atom stereocenters. The lowest BCUT2D eigenvalue weighted by Crippen LogP contribution is -2.23. The van der Waals surface area contributed by atoms with Crippen molar-refractivity contribution < 1.29 is 14.7 Å². The number of amides is 2. The maximum atomic E-state index is 12.1. The molecule has 120 valence electrons. The first kappa shape index (κ1) is 16.7. The minimum atomic E-state index is -1.22. The fourth-order valence-electron chi connectivity index (χ4n) is 2.13. The standard InChI is InChI=1S/C18H20N2O3/c1-13(21)20(2)12-14-7-6-10-16(11-14)19-18(23)17(22)15-8-4-3-5-9-15/h3-11,17,22H,12H2,1-2H3,(H,19,23). The molecule has 2 rings (SSSR count). The van der Waals surface area contributed by atoms with Gasteiger partial charge in [-0.2, -0.15) is 0 Å². The highest BCUT2D eigenvalue weighted by atomic mass is 16.3. The van der Waals surface area contributed by atoms with E-state index in [9.17, 15) is 14.7 Å². The molecule has 0 aliphatic carbocycles. The highest BCUT2D eigenvalue weighted by molar-refractivity contribution is 5.94. The number of hydrogen-bond acceptors (Lipinski definition) is 3. The zero-order valence-corrected chi connectivity index (χ0v) is 13.2. The number of nitrogens with one attached hydrogen (secondary N) is 1. The third kappa shape index (κ3) is 4.66. The lowest BCUT2D eigenvalue weighted by Gasteiger charge is -2.16. The highest BCUT2D eigenvalue weighted by Gasteiger charge is 2.17. The molecule has 0 aliphatic rings. The Bertz CT molecular complexity index is 686. The van der Waals surface area contributed by atoms with Gasteiger partial charge in [-0.15, -0.1) is 0 Å². The molecule has 0 saturated carbocycles. The van der Waals surface area contributed by atoms with E-state index in [-0.39, 0.29) is 5.91 Å². The molecule has 5 nitrogen and oxygen atoms in total. The Balaban J connectivity index is 2.05. The summed E-state index contributed by atoms with van der Waals surface area (Å²) >= 11 is 0. The zero-order chi connectivity index (χ0) is 16.8. The molecule has 2 N–H and O–H groups in total. The van der Waals surface area contributed by atoms with E-state index in [0.717, 1.165) is 5.56 Å². The Hall–Kier alpha value is -2.66. The number of aliphatic hydroxyl groups excluding tert-OH is 1. The van der Waals surface area contributed by atoms with Crippen LogP contribution in [0.15, 0.2) is 54.6 Å². The summed E-state index contributed by atoms with van der Waals surface area (Å²) < 4.78 is 0. The molecule has 23 heavy (non-hydrogen) atoms. The van der Waals surface area contributed by atoms with E-state index in [1.54, 1.807) is 54.4 Å². The van der Waals surface area contributed by atoms with Crippen LogP contribution in [-0.2, 0) is 16.1 Å². The van der Waals surface area contributed by atoms with Gasteiger partial charge in [-0.1, -0.05) is 42.5 Å². The van der Waals surface area contributed by atoms with E-state index < -0.39 is 12.0 Å². The lowest BCUT2D eigenvalue weighted by atomic mass is 10.1. The molecule has 0 aliphatic heterocycles. The minimum Gasteiger partial charge on any atom is -0.378 e. The molecule has 0 saturated heterocycles. The summed E-state index contributed by atoms with van der Waals surface area (Å²) in [5.41, 5.74) is 2.02. The summed E-state index contributed by atoms with van der Waals surface area (Å²) in [7, 11) is 1.72.